The van der Waals surface area contributed by atoms with Gasteiger partial charge in [-0.2, -0.15) is 0 Å². The normalized spacial score (nSPS) is 23.9. The van der Waals surface area contributed by atoms with Crippen molar-refractivity contribution in [2.75, 3.05) is 13.1 Å². The molecule has 1 amide bonds. The van der Waals surface area contributed by atoms with Gasteiger partial charge < -0.3 is 10.0 Å². The van der Waals surface area contributed by atoms with Crippen molar-refractivity contribution >= 4 is 63.3 Å². The predicted molar refractivity (Wildman–Crippen MR) is 95.1 cm³/mol. The Bertz CT molecular complexity index is 549. The van der Waals surface area contributed by atoms with Gasteiger partial charge in [-0.25, -0.2) is 0 Å². The third-order valence-corrected chi connectivity index (χ3v) is 5.42. The number of carbonyl (C=O) groups is 2. The van der Waals surface area contributed by atoms with Crippen molar-refractivity contribution in [2.45, 2.75) is 38.5 Å². The summed E-state index contributed by atoms with van der Waals surface area (Å²) in [6.45, 7) is 1.67. The molecule has 3 rings (SSSR count). The number of hydrogen-bond acceptors (Lipinski definition) is 2. The number of likely N-dealkylation sites (tertiary alicyclic amines) is 1. The molecule has 4 nitrogen and oxygen atoms in total. The molecule has 1 aliphatic heterocycles. The molecule has 1 saturated heterocycles. The van der Waals surface area contributed by atoms with E-state index in [-0.39, 0.29) is 63.7 Å². The maximum atomic E-state index is 12.6. The van der Waals surface area contributed by atoms with Crippen molar-refractivity contribution in [2.24, 2.45) is 17.8 Å². The Kier molecular flexibility index (Phi) is 7.95. The van der Waals surface area contributed by atoms with Crippen LogP contribution < -0.4 is 0 Å². The van der Waals surface area contributed by atoms with Crippen LogP contribution in [0, 0.1) is 17.8 Å². The number of carbonyl (C=O) groups excluding carboxylic acids is 1. The predicted octanol–water partition coefficient (Wildman–Crippen LogP) is 2.32. The van der Waals surface area contributed by atoms with Crippen LogP contribution >= 0.6 is 0 Å². The zero-order chi connectivity index (χ0) is 16.2. The van der Waals surface area contributed by atoms with Crippen LogP contribution in [0.2, 0.25) is 0 Å². The van der Waals surface area contributed by atoms with Crippen molar-refractivity contribution in [3.63, 3.8) is 0 Å². The zero-order valence-electron chi connectivity index (χ0n) is 13.5. The summed E-state index contributed by atoms with van der Waals surface area (Å²) in [6.07, 6.45) is 5.53. The van der Waals surface area contributed by atoms with Gasteiger partial charge in [-0.15, -0.1) is 0 Å². The number of fused-ring (bicyclic) bond motifs is 1. The standard InChI is InChI=1S/C19H25NO3.K.H/c21-18(20-12-15-8-4-5-9-16(15)13-20)11-17(19(22)23)10-14-6-2-1-3-7-14;;/h1-3,6-7,15-17H,4-5,8-13H2,(H,22,23);;/t15-,16+,17-;;/m0../s1. The number of hydrogen-bond donors (Lipinski definition) is 1. The molecular formula is C19H26KNO3. The molecule has 2 fully saturated rings. The fraction of sp³-hybridized carbons (Fsp3) is 0.579. The average molecular weight is 356 g/mol. The first-order valence-electron chi connectivity index (χ1n) is 8.68. The molecule has 3 atom stereocenters. The summed E-state index contributed by atoms with van der Waals surface area (Å²) in [5, 5.41) is 9.46. The summed E-state index contributed by atoms with van der Waals surface area (Å²) in [7, 11) is 0. The summed E-state index contributed by atoms with van der Waals surface area (Å²) in [5.74, 6) is -0.204. The average Bonchev–Trinajstić information content (AvgIpc) is 2.99. The second-order valence-corrected chi connectivity index (χ2v) is 7.03. The van der Waals surface area contributed by atoms with E-state index in [0.29, 0.717) is 18.3 Å². The molecule has 0 radical (unpaired) electrons. The molecule has 5 heteroatoms. The Hall–Kier alpha value is -0.204. The molecule has 1 aromatic carbocycles. The quantitative estimate of drug-likeness (QED) is 0.825. The summed E-state index contributed by atoms with van der Waals surface area (Å²) < 4.78 is 0. The molecule has 0 aromatic heterocycles. The number of amides is 1. The Morgan fingerprint density at radius 1 is 1.08 bits per heavy atom. The molecule has 1 saturated carbocycles. The van der Waals surface area contributed by atoms with Gasteiger partial charge in [0, 0.05) is 19.5 Å². The summed E-state index contributed by atoms with van der Waals surface area (Å²) in [5.41, 5.74) is 0.975. The first-order valence-corrected chi connectivity index (χ1v) is 8.68. The van der Waals surface area contributed by atoms with Crippen molar-refractivity contribution in [1.82, 2.24) is 4.90 Å². The molecule has 24 heavy (non-hydrogen) atoms. The Balaban J connectivity index is 0.00000208. The van der Waals surface area contributed by atoms with Gasteiger partial charge in [0.1, 0.15) is 0 Å². The Morgan fingerprint density at radius 2 is 1.67 bits per heavy atom. The maximum absolute atomic E-state index is 12.6. The van der Waals surface area contributed by atoms with E-state index in [0.717, 1.165) is 18.7 Å². The second-order valence-electron chi connectivity index (χ2n) is 7.03. The minimum atomic E-state index is -0.876. The van der Waals surface area contributed by atoms with Gasteiger partial charge in [-0.05, 0) is 36.7 Å². The van der Waals surface area contributed by atoms with Gasteiger partial charge in [0.15, 0.2) is 0 Å². The van der Waals surface area contributed by atoms with Crippen LogP contribution in [0.25, 0.3) is 0 Å². The third kappa shape index (κ3) is 5.15. The van der Waals surface area contributed by atoms with E-state index in [1.165, 1.54) is 25.7 Å². The van der Waals surface area contributed by atoms with Gasteiger partial charge in [-0.3, -0.25) is 9.59 Å². The molecule has 1 aromatic rings. The van der Waals surface area contributed by atoms with Gasteiger partial charge in [-0.1, -0.05) is 43.2 Å². The van der Waals surface area contributed by atoms with Gasteiger partial charge >= 0.3 is 57.4 Å². The number of rotatable bonds is 5. The van der Waals surface area contributed by atoms with E-state index in [4.69, 9.17) is 0 Å². The number of carboxylic acids is 1. The van der Waals surface area contributed by atoms with Crippen LogP contribution in [-0.4, -0.2) is 86.4 Å². The molecule has 1 heterocycles. The van der Waals surface area contributed by atoms with Crippen molar-refractivity contribution in [1.29, 1.82) is 0 Å². The Labute approximate surface area is 186 Å². The van der Waals surface area contributed by atoms with E-state index in [2.05, 4.69) is 0 Å². The topological polar surface area (TPSA) is 57.6 Å². The SMILES string of the molecule is O=C(O)[C@H](CC(=O)N1C[C@H]2CCCC[C@H]2C1)Cc1ccccc1.[KH]. The van der Waals surface area contributed by atoms with Gasteiger partial charge in [0.2, 0.25) is 5.91 Å². The van der Waals surface area contributed by atoms with Crippen molar-refractivity contribution < 1.29 is 14.7 Å². The van der Waals surface area contributed by atoms with Crippen LogP contribution in [0.1, 0.15) is 37.7 Å². The molecule has 0 unspecified atom stereocenters. The molecule has 2 aliphatic rings. The monoisotopic (exact) mass is 355 g/mol. The molecule has 126 valence electrons. The molecule has 1 aliphatic carbocycles. The summed E-state index contributed by atoms with van der Waals surface area (Å²) in [4.78, 5) is 26.0. The van der Waals surface area contributed by atoms with E-state index >= 15 is 0 Å². The van der Waals surface area contributed by atoms with Crippen LogP contribution in [0.5, 0.6) is 0 Å². The minimum absolute atomic E-state index is 0. The van der Waals surface area contributed by atoms with E-state index in [1.807, 2.05) is 35.2 Å². The van der Waals surface area contributed by atoms with E-state index in [9.17, 15) is 14.7 Å². The summed E-state index contributed by atoms with van der Waals surface area (Å²) >= 11 is 0. The van der Waals surface area contributed by atoms with Crippen LogP contribution in [0.4, 0.5) is 0 Å². The molecular weight excluding hydrogens is 329 g/mol. The fourth-order valence-corrected chi connectivity index (χ4v) is 4.09. The third-order valence-electron chi connectivity index (χ3n) is 5.42. The molecule has 1 N–H and O–H groups in total. The first kappa shape index (κ1) is 20.1. The summed E-state index contributed by atoms with van der Waals surface area (Å²) in [6, 6.07) is 9.56. The number of carboxylic acid groups (broad SMARTS) is 1. The number of benzene rings is 1. The Morgan fingerprint density at radius 3 is 2.21 bits per heavy atom. The molecule has 0 bridgehead atoms. The van der Waals surface area contributed by atoms with Crippen LogP contribution in [0.15, 0.2) is 30.3 Å². The van der Waals surface area contributed by atoms with Crippen molar-refractivity contribution in [3.05, 3.63) is 35.9 Å². The van der Waals surface area contributed by atoms with Crippen LogP contribution in [-0.2, 0) is 16.0 Å². The zero-order valence-corrected chi connectivity index (χ0v) is 13.5. The van der Waals surface area contributed by atoms with Gasteiger partial charge in [0.25, 0.3) is 0 Å². The fourth-order valence-electron chi connectivity index (χ4n) is 4.09. The van der Waals surface area contributed by atoms with Gasteiger partial charge in [0.05, 0.1) is 5.92 Å². The van der Waals surface area contributed by atoms with E-state index in [1.54, 1.807) is 0 Å². The van der Waals surface area contributed by atoms with Crippen LogP contribution in [0.3, 0.4) is 0 Å². The number of aliphatic carboxylic acids is 1. The first-order chi connectivity index (χ1) is 11.1. The van der Waals surface area contributed by atoms with Crippen molar-refractivity contribution in [3.8, 4) is 0 Å². The second kappa shape index (κ2) is 9.48. The van der Waals surface area contributed by atoms with E-state index < -0.39 is 11.9 Å². The molecule has 0 spiro atoms. The number of nitrogens with zero attached hydrogens (tertiary/aromatic N) is 1.